The molecule has 98 valence electrons. The Bertz CT molecular complexity index is 297. The highest BCUT2D eigenvalue weighted by molar-refractivity contribution is 5.11. The molecule has 2 atom stereocenters. The number of hydrogen-bond acceptors (Lipinski definition) is 2. The van der Waals surface area contributed by atoms with Crippen LogP contribution in [0.4, 0.5) is 0 Å². The molecule has 0 radical (unpaired) electrons. The van der Waals surface area contributed by atoms with Crippen molar-refractivity contribution < 1.29 is 10.2 Å². The van der Waals surface area contributed by atoms with Crippen LogP contribution in [0, 0.1) is 5.92 Å². The minimum absolute atomic E-state index is 0.563. The molecule has 2 heteroatoms. The van der Waals surface area contributed by atoms with E-state index in [1.165, 1.54) is 17.6 Å². The molecule has 0 amide bonds. The van der Waals surface area contributed by atoms with Crippen LogP contribution in [0.15, 0.2) is 23.8 Å². The van der Waals surface area contributed by atoms with Crippen molar-refractivity contribution in [2.24, 2.45) is 5.92 Å². The van der Waals surface area contributed by atoms with Crippen LogP contribution < -0.4 is 0 Å². The third-order valence-electron chi connectivity index (χ3n) is 3.77. The van der Waals surface area contributed by atoms with Crippen LogP contribution in [-0.4, -0.2) is 21.9 Å². The fraction of sp³-hybridized carbons (Fsp3) is 0.733. The van der Waals surface area contributed by atoms with Gasteiger partial charge in [0.05, 0.1) is 11.7 Å². The van der Waals surface area contributed by atoms with Gasteiger partial charge >= 0.3 is 0 Å². The predicted octanol–water partition coefficient (Wildman–Crippen LogP) is 3.20. The van der Waals surface area contributed by atoms with Crippen LogP contribution in [0.1, 0.15) is 52.9 Å². The predicted molar refractivity (Wildman–Crippen MR) is 71.8 cm³/mol. The summed E-state index contributed by atoms with van der Waals surface area (Å²) >= 11 is 0. The molecule has 0 saturated heterocycles. The highest BCUT2D eigenvalue weighted by Crippen LogP contribution is 2.31. The topological polar surface area (TPSA) is 40.5 Å². The number of aliphatic hydroxyl groups excluding tert-OH is 1. The molecule has 2 N–H and O–H groups in total. The van der Waals surface area contributed by atoms with E-state index in [-0.39, 0.29) is 0 Å². The Balaban J connectivity index is 2.36. The standard InChI is InChI=1S/C15H26O2/c1-11-5-8-13(9-6-11)12(2)7-10-14(16)15(3,4)17/h5,13-14,16-17H,2,6-10H2,1,3-4H3/t13-,14+/m1/s1. The normalized spacial score (nSPS) is 23.1. The summed E-state index contributed by atoms with van der Waals surface area (Å²) in [5.74, 6) is 0.563. The molecule has 2 nitrogen and oxygen atoms in total. The van der Waals surface area contributed by atoms with Gasteiger partial charge in [-0.2, -0.15) is 0 Å². The molecule has 1 aliphatic carbocycles. The molecular formula is C15H26O2. The maximum absolute atomic E-state index is 9.77. The van der Waals surface area contributed by atoms with E-state index in [2.05, 4.69) is 19.6 Å². The zero-order chi connectivity index (χ0) is 13.1. The van der Waals surface area contributed by atoms with Gasteiger partial charge in [0.1, 0.15) is 0 Å². The monoisotopic (exact) mass is 238 g/mol. The van der Waals surface area contributed by atoms with E-state index in [0.29, 0.717) is 12.3 Å². The second-order valence-electron chi connectivity index (χ2n) is 5.89. The molecule has 17 heavy (non-hydrogen) atoms. The van der Waals surface area contributed by atoms with Crippen LogP contribution in [0.2, 0.25) is 0 Å². The van der Waals surface area contributed by atoms with Gasteiger partial charge in [0.15, 0.2) is 0 Å². The SMILES string of the molecule is C=C(CC[C@H](O)C(C)(C)O)[C@@H]1CC=C(C)CC1. The van der Waals surface area contributed by atoms with Crippen molar-refractivity contribution in [1.29, 1.82) is 0 Å². The number of rotatable bonds is 5. The van der Waals surface area contributed by atoms with Crippen LogP contribution in [0.5, 0.6) is 0 Å². The average Bonchev–Trinajstić information content (AvgIpc) is 2.25. The van der Waals surface area contributed by atoms with Crippen molar-refractivity contribution in [3.8, 4) is 0 Å². The first-order valence-corrected chi connectivity index (χ1v) is 6.54. The molecule has 0 aliphatic heterocycles. The molecule has 0 unspecified atom stereocenters. The zero-order valence-electron chi connectivity index (χ0n) is 11.4. The van der Waals surface area contributed by atoms with Gasteiger partial charge in [-0.25, -0.2) is 0 Å². The van der Waals surface area contributed by atoms with Gasteiger partial charge in [-0.3, -0.25) is 0 Å². The first-order chi connectivity index (χ1) is 7.80. The second kappa shape index (κ2) is 5.83. The molecule has 0 aromatic carbocycles. The number of allylic oxidation sites excluding steroid dienone is 3. The Hall–Kier alpha value is -0.600. The molecule has 0 saturated carbocycles. The van der Waals surface area contributed by atoms with Gasteiger partial charge in [-0.1, -0.05) is 23.8 Å². The lowest BCUT2D eigenvalue weighted by atomic mass is 9.82. The lowest BCUT2D eigenvalue weighted by Crippen LogP contribution is -2.35. The summed E-state index contributed by atoms with van der Waals surface area (Å²) in [7, 11) is 0. The van der Waals surface area contributed by atoms with Crippen LogP contribution in [-0.2, 0) is 0 Å². The zero-order valence-corrected chi connectivity index (χ0v) is 11.4. The van der Waals surface area contributed by atoms with E-state index < -0.39 is 11.7 Å². The summed E-state index contributed by atoms with van der Waals surface area (Å²) in [5.41, 5.74) is 1.69. The van der Waals surface area contributed by atoms with Crippen LogP contribution in [0.3, 0.4) is 0 Å². The number of aliphatic hydroxyl groups is 2. The fourth-order valence-corrected chi connectivity index (χ4v) is 2.22. The first-order valence-electron chi connectivity index (χ1n) is 6.54. The van der Waals surface area contributed by atoms with E-state index in [1.807, 2.05) is 0 Å². The molecule has 0 aromatic heterocycles. The molecule has 0 heterocycles. The van der Waals surface area contributed by atoms with Gasteiger partial charge in [-0.15, -0.1) is 0 Å². The first kappa shape index (κ1) is 14.5. The molecule has 0 bridgehead atoms. The van der Waals surface area contributed by atoms with Crippen LogP contribution in [0.25, 0.3) is 0 Å². The summed E-state index contributed by atoms with van der Waals surface area (Å²) in [6, 6.07) is 0. The minimum Gasteiger partial charge on any atom is -0.390 e. The molecule has 0 fully saturated rings. The van der Waals surface area contributed by atoms with E-state index in [1.54, 1.807) is 13.8 Å². The van der Waals surface area contributed by atoms with Crippen molar-refractivity contribution in [2.45, 2.75) is 64.6 Å². The Morgan fingerprint density at radius 1 is 1.59 bits per heavy atom. The summed E-state index contributed by atoms with van der Waals surface area (Å²) in [5, 5.41) is 19.4. The lowest BCUT2D eigenvalue weighted by molar-refractivity contribution is -0.0511. The number of hydrogen-bond donors (Lipinski definition) is 2. The summed E-state index contributed by atoms with van der Waals surface area (Å²) in [6.07, 6.45) is 6.47. The second-order valence-corrected chi connectivity index (χ2v) is 5.89. The Morgan fingerprint density at radius 2 is 2.24 bits per heavy atom. The molecule has 1 rings (SSSR count). The molecule has 1 aliphatic rings. The van der Waals surface area contributed by atoms with Crippen molar-refractivity contribution in [3.63, 3.8) is 0 Å². The van der Waals surface area contributed by atoms with E-state index in [0.717, 1.165) is 19.3 Å². The Kier molecular flexibility index (Phi) is 4.96. The quantitative estimate of drug-likeness (QED) is 0.722. The minimum atomic E-state index is -1.01. The largest absolute Gasteiger partial charge is 0.390 e. The Labute approximate surface area is 105 Å². The van der Waals surface area contributed by atoms with E-state index >= 15 is 0 Å². The van der Waals surface area contributed by atoms with Gasteiger partial charge in [0.2, 0.25) is 0 Å². The molecule has 0 spiro atoms. The van der Waals surface area contributed by atoms with Crippen molar-refractivity contribution in [3.05, 3.63) is 23.8 Å². The van der Waals surface area contributed by atoms with Gasteiger partial charge in [0.25, 0.3) is 0 Å². The third-order valence-corrected chi connectivity index (χ3v) is 3.77. The highest BCUT2D eigenvalue weighted by atomic mass is 16.3. The molecule has 0 aromatic rings. The van der Waals surface area contributed by atoms with Crippen molar-refractivity contribution in [2.75, 3.05) is 0 Å². The maximum atomic E-state index is 9.77. The lowest BCUT2D eigenvalue weighted by Gasteiger charge is -2.27. The van der Waals surface area contributed by atoms with E-state index in [4.69, 9.17) is 0 Å². The average molecular weight is 238 g/mol. The van der Waals surface area contributed by atoms with Gasteiger partial charge < -0.3 is 10.2 Å². The summed E-state index contributed by atoms with van der Waals surface area (Å²) in [6.45, 7) is 9.60. The van der Waals surface area contributed by atoms with Crippen LogP contribution >= 0.6 is 0 Å². The fourth-order valence-electron chi connectivity index (χ4n) is 2.22. The Morgan fingerprint density at radius 3 is 2.71 bits per heavy atom. The third kappa shape index (κ3) is 4.64. The van der Waals surface area contributed by atoms with Gasteiger partial charge in [0, 0.05) is 0 Å². The summed E-state index contributed by atoms with van der Waals surface area (Å²) < 4.78 is 0. The maximum Gasteiger partial charge on any atom is 0.0849 e. The smallest absolute Gasteiger partial charge is 0.0849 e. The highest BCUT2D eigenvalue weighted by Gasteiger charge is 2.25. The summed E-state index contributed by atoms with van der Waals surface area (Å²) in [4.78, 5) is 0. The van der Waals surface area contributed by atoms with E-state index in [9.17, 15) is 10.2 Å². The molecular weight excluding hydrogens is 212 g/mol. The van der Waals surface area contributed by atoms with Gasteiger partial charge in [-0.05, 0) is 58.8 Å². The van der Waals surface area contributed by atoms with Crippen molar-refractivity contribution >= 4 is 0 Å². The van der Waals surface area contributed by atoms with Crippen molar-refractivity contribution in [1.82, 2.24) is 0 Å².